The van der Waals surface area contributed by atoms with Gasteiger partial charge in [-0.25, -0.2) is 0 Å². The van der Waals surface area contributed by atoms with Crippen LogP contribution in [0.3, 0.4) is 0 Å². The standard InChI is InChI=1S/C5H13P/c1-5(2)6(3)4/h5-6H,3H2,1-2,4H3. The summed E-state index contributed by atoms with van der Waals surface area (Å²) in [6.45, 7) is 6.68. The predicted molar refractivity (Wildman–Crippen MR) is 36.5 cm³/mol. The van der Waals surface area contributed by atoms with Crippen LogP contribution in [0, 0.1) is 0 Å². The van der Waals surface area contributed by atoms with Gasteiger partial charge in [0.05, 0.1) is 0 Å². The SMILES string of the molecule is C=[PH](C)C(C)C. The summed E-state index contributed by atoms with van der Waals surface area (Å²) in [7, 11) is -0.202. The molecule has 0 aliphatic carbocycles. The lowest BCUT2D eigenvalue weighted by atomic mass is 10.6. The molecule has 38 valence electrons. The fraction of sp³-hybridized carbons (Fsp3) is 0.800. The second kappa shape index (κ2) is 2.47. The largest absolute Gasteiger partial charge is 0.125 e. The molecule has 0 saturated heterocycles. The molecule has 0 fully saturated rings. The average molecular weight is 104 g/mol. The fourth-order valence-corrected chi connectivity index (χ4v) is 0. The zero-order valence-electron chi connectivity index (χ0n) is 4.78. The van der Waals surface area contributed by atoms with E-state index in [0.717, 1.165) is 5.66 Å². The minimum absolute atomic E-state index is 0.202. The number of hydrogen-bond acceptors (Lipinski definition) is 0. The van der Waals surface area contributed by atoms with Gasteiger partial charge in [-0.15, -0.1) is 13.8 Å². The van der Waals surface area contributed by atoms with Crippen molar-refractivity contribution in [2.75, 3.05) is 6.66 Å². The van der Waals surface area contributed by atoms with E-state index in [1.54, 1.807) is 0 Å². The molecule has 0 aromatic carbocycles. The minimum Gasteiger partial charge on any atom is -0.125 e. The van der Waals surface area contributed by atoms with E-state index in [1.807, 2.05) is 0 Å². The van der Waals surface area contributed by atoms with Gasteiger partial charge in [0.1, 0.15) is 0 Å². The molecule has 0 spiro atoms. The van der Waals surface area contributed by atoms with Gasteiger partial charge in [-0.3, -0.25) is 0 Å². The van der Waals surface area contributed by atoms with Crippen LogP contribution in [0.25, 0.3) is 0 Å². The second-order valence-electron chi connectivity index (χ2n) is 2.00. The van der Waals surface area contributed by atoms with Crippen molar-refractivity contribution < 1.29 is 0 Å². The number of rotatable bonds is 1. The first-order valence-electron chi connectivity index (χ1n) is 2.30. The molecule has 0 amide bonds. The third kappa shape index (κ3) is 2.53. The smallest absolute Gasteiger partial charge is 0.0300 e. The highest BCUT2D eigenvalue weighted by atomic mass is 31.1. The van der Waals surface area contributed by atoms with Gasteiger partial charge in [0.15, 0.2) is 0 Å². The number of hydrogen-bond donors (Lipinski definition) is 0. The van der Waals surface area contributed by atoms with Crippen LogP contribution < -0.4 is 0 Å². The summed E-state index contributed by atoms with van der Waals surface area (Å²) in [5, 5.41) is 0. The summed E-state index contributed by atoms with van der Waals surface area (Å²) in [6.07, 6.45) is 3.94. The van der Waals surface area contributed by atoms with E-state index in [0.29, 0.717) is 0 Å². The first kappa shape index (κ1) is 6.30. The zero-order chi connectivity index (χ0) is 5.15. The van der Waals surface area contributed by atoms with E-state index in [1.165, 1.54) is 0 Å². The lowest BCUT2D eigenvalue weighted by Crippen LogP contribution is -1.81. The minimum atomic E-state index is -0.202. The van der Waals surface area contributed by atoms with Gasteiger partial charge in [-0.05, 0) is 12.3 Å². The molecule has 1 unspecified atom stereocenters. The molecular weight excluding hydrogens is 91.0 g/mol. The molecule has 0 bridgehead atoms. The van der Waals surface area contributed by atoms with Crippen molar-refractivity contribution in [2.24, 2.45) is 0 Å². The molecule has 1 heteroatoms. The molecule has 0 aliphatic rings. The summed E-state index contributed by atoms with van der Waals surface area (Å²) < 4.78 is 0. The van der Waals surface area contributed by atoms with Crippen LogP contribution in [0.1, 0.15) is 13.8 Å². The molecule has 0 aromatic rings. The normalized spacial score (nSPS) is 15.3. The molecule has 0 radical (unpaired) electrons. The van der Waals surface area contributed by atoms with Crippen molar-refractivity contribution in [3.05, 3.63) is 0 Å². The highest BCUT2D eigenvalue weighted by Gasteiger charge is 1.85. The summed E-state index contributed by atoms with van der Waals surface area (Å²) >= 11 is 0. The molecule has 0 aliphatic heterocycles. The maximum absolute atomic E-state index is 3.94. The van der Waals surface area contributed by atoms with E-state index >= 15 is 0 Å². The summed E-state index contributed by atoms with van der Waals surface area (Å²) in [4.78, 5) is 0. The van der Waals surface area contributed by atoms with E-state index in [2.05, 4.69) is 26.8 Å². The summed E-state index contributed by atoms with van der Waals surface area (Å²) in [5.41, 5.74) is 0.843. The van der Waals surface area contributed by atoms with Gasteiger partial charge < -0.3 is 0 Å². The summed E-state index contributed by atoms with van der Waals surface area (Å²) in [5.74, 6) is 0. The van der Waals surface area contributed by atoms with Gasteiger partial charge in [-0.1, -0.05) is 13.8 Å². The molecule has 0 N–H and O–H groups in total. The van der Waals surface area contributed by atoms with E-state index in [-0.39, 0.29) is 7.55 Å². The fourth-order valence-electron chi connectivity index (χ4n) is 0. The average Bonchev–Trinajstić information content (AvgIpc) is 1.36. The Morgan fingerprint density at radius 3 is 1.67 bits per heavy atom. The molecule has 1 atom stereocenters. The topological polar surface area (TPSA) is 0 Å². The Kier molecular flexibility index (Phi) is 2.59. The van der Waals surface area contributed by atoms with Crippen LogP contribution in [0.2, 0.25) is 0 Å². The predicted octanol–water partition coefficient (Wildman–Crippen LogP) is 1.67. The molecular formula is C5H13P. The quantitative estimate of drug-likeness (QED) is 0.444. The lowest BCUT2D eigenvalue weighted by Gasteiger charge is -1.99. The lowest BCUT2D eigenvalue weighted by molar-refractivity contribution is 1.10. The summed E-state index contributed by atoms with van der Waals surface area (Å²) in [6, 6.07) is 0. The Morgan fingerprint density at radius 2 is 1.67 bits per heavy atom. The van der Waals surface area contributed by atoms with Gasteiger partial charge >= 0.3 is 0 Å². The second-order valence-corrected chi connectivity index (χ2v) is 4.85. The zero-order valence-corrected chi connectivity index (χ0v) is 5.78. The molecule has 0 heterocycles. The Labute approximate surface area is 41.0 Å². The third-order valence-electron chi connectivity index (χ3n) is 0.986. The molecule has 0 saturated carbocycles. The van der Waals surface area contributed by atoms with Crippen molar-refractivity contribution in [3.63, 3.8) is 0 Å². The molecule has 6 heavy (non-hydrogen) atoms. The van der Waals surface area contributed by atoms with Crippen molar-refractivity contribution in [2.45, 2.75) is 19.5 Å². The Hall–Kier alpha value is 0.300. The van der Waals surface area contributed by atoms with Crippen LogP contribution >= 0.6 is 7.55 Å². The molecule has 0 aromatic heterocycles. The van der Waals surface area contributed by atoms with Gasteiger partial charge in [0.2, 0.25) is 0 Å². The van der Waals surface area contributed by atoms with E-state index in [9.17, 15) is 0 Å². The van der Waals surface area contributed by atoms with Crippen molar-refractivity contribution >= 4 is 13.8 Å². The van der Waals surface area contributed by atoms with Crippen molar-refractivity contribution in [1.29, 1.82) is 0 Å². The van der Waals surface area contributed by atoms with Crippen molar-refractivity contribution in [3.8, 4) is 0 Å². The van der Waals surface area contributed by atoms with Crippen LogP contribution in [-0.2, 0) is 0 Å². The van der Waals surface area contributed by atoms with Crippen molar-refractivity contribution in [1.82, 2.24) is 0 Å². The van der Waals surface area contributed by atoms with Crippen LogP contribution in [0.15, 0.2) is 0 Å². The Bertz CT molecular complexity index is 55.0. The first-order chi connectivity index (χ1) is 2.64. The molecule has 0 nitrogen and oxygen atoms in total. The van der Waals surface area contributed by atoms with Crippen LogP contribution in [0.4, 0.5) is 0 Å². The van der Waals surface area contributed by atoms with Gasteiger partial charge in [0, 0.05) is 0 Å². The van der Waals surface area contributed by atoms with Crippen LogP contribution in [0.5, 0.6) is 0 Å². The Balaban J connectivity index is 3.26. The molecule has 0 rings (SSSR count). The third-order valence-corrected chi connectivity index (χ3v) is 2.96. The Morgan fingerprint density at radius 1 is 1.50 bits per heavy atom. The maximum Gasteiger partial charge on any atom is -0.0300 e. The highest BCUT2D eigenvalue weighted by molar-refractivity contribution is 7.55. The highest BCUT2D eigenvalue weighted by Crippen LogP contribution is 2.19. The van der Waals surface area contributed by atoms with E-state index < -0.39 is 0 Å². The first-order valence-corrected chi connectivity index (χ1v) is 4.58. The van der Waals surface area contributed by atoms with Crippen LogP contribution in [-0.4, -0.2) is 18.6 Å². The monoisotopic (exact) mass is 104 g/mol. The van der Waals surface area contributed by atoms with E-state index in [4.69, 9.17) is 0 Å². The maximum atomic E-state index is 3.94. The van der Waals surface area contributed by atoms with Gasteiger partial charge in [0.25, 0.3) is 0 Å². The van der Waals surface area contributed by atoms with Gasteiger partial charge in [-0.2, -0.15) is 0 Å².